The second kappa shape index (κ2) is 8.79. The fraction of sp³-hybridized carbons (Fsp3) is 0.263. The van der Waals surface area contributed by atoms with Gasteiger partial charge in [-0.05, 0) is 43.3 Å². The van der Waals surface area contributed by atoms with E-state index in [9.17, 15) is 18.0 Å². The normalized spacial score (nSPS) is 11.1. The van der Waals surface area contributed by atoms with Crippen molar-refractivity contribution in [2.24, 2.45) is 0 Å². The molecule has 0 heterocycles. The van der Waals surface area contributed by atoms with Gasteiger partial charge in [0.25, 0.3) is 0 Å². The minimum Gasteiger partial charge on any atom is -0.497 e. The van der Waals surface area contributed by atoms with E-state index in [0.29, 0.717) is 17.0 Å². The Labute approximate surface area is 159 Å². The van der Waals surface area contributed by atoms with Gasteiger partial charge in [0.1, 0.15) is 5.75 Å². The molecular formula is C19H22N2O5S. The van der Waals surface area contributed by atoms with Crippen LogP contribution in [0.3, 0.4) is 0 Å². The molecule has 144 valence electrons. The van der Waals surface area contributed by atoms with Crippen LogP contribution in [0.1, 0.15) is 24.2 Å². The molecule has 0 radical (unpaired) electrons. The van der Waals surface area contributed by atoms with E-state index in [1.807, 2.05) is 0 Å². The van der Waals surface area contributed by atoms with Gasteiger partial charge in [0, 0.05) is 31.3 Å². The van der Waals surface area contributed by atoms with Crippen molar-refractivity contribution < 1.29 is 22.7 Å². The number of rotatable bonds is 8. The Bertz CT molecular complexity index is 923. The summed E-state index contributed by atoms with van der Waals surface area (Å²) in [7, 11) is -2.21. The fourth-order valence-electron chi connectivity index (χ4n) is 2.49. The zero-order valence-electron chi connectivity index (χ0n) is 15.4. The molecule has 0 aromatic heterocycles. The topological polar surface area (TPSA) is 92.8 Å². The van der Waals surface area contributed by atoms with E-state index in [1.54, 1.807) is 36.4 Å². The summed E-state index contributed by atoms with van der Waals surface area (Å²) in [5.74, 6) is 0.196. The van der Waals surface area contributed by atoms with Crippen LogP contribution in [0.5, 0.6) is 5.75 Å². The predicted molar refractivity (Wildman–Crippen MR) is 103 cm³/mol. The highest BCUT2D eigenvalue weighted by Gasteiger charge is 2.17. The standard InChI is InChI=1S/C19H22N2O5S/c1-14(22)16-5-4-6-17(13-16)21(15(2)23)12-11-20-27(24,25)19-9-7-18(26-3)8-10-19/h4-10,13,20H,11-12H2,1-3H3. The van der Waals surface area contributed by atoms with E-state index in [1.165, 1.54) is 38.0 Å². The number of ketones is 1. The Morgan fingerprint density at radius 1 is 1.07 bits per heavy atom. The maximum absolute atomic E-state index is 12.4. The smallest absolute Gasteiger partial charge is 0.240 e. The Hall–Kier alpha value is -2.71. The van der Waals surface area contributed by atoms with Crippen LogP contribution in [-0.2, 0) is 14.8 Å². The van der Waals surface area contributed by atoms with Gasteiger partial charge in [0.15, 0.2) is 5.78 Å². The van der Waals surface area contributed by atoms with Crippen LogP contribution in [0, 0.1) is 0 Å². The summed E-state index contributed by atoms with van der Waals surface area (Å²) >= 11 is 0. The van der Waals surface area contributed by atoms with Crippen LogP contribution in [0.2, 0.25) is 0 Å². The molecule has 2 aromatic rings. The summed E-state index contributed by atoms with van der Waals surface area (Å²) in [5.41, 5.74) is 1.02. The first-order valence-electron chi connectivity index (χ1n) is 8.27. The molecule has 0 fully saturated rings. The van der Waals surface area contributed by atoms with E-state index in [4.69, 9.17) is 4.74 Å². The van der Waals surface area contributed by atoms with Gasteiger partial charge < -0.3 is 9.64 Å². The number of nitrogens with zero attached hydrogens (tertiary/aromatic N) is 1. The Kier molecular flexibility index (Phi) is 6.70. The van der Waals surface area contributed by atoms with Crippen LogP contribution in [0.4, 0.5) is 5.69 Å². The zero-order chi connectivity index (χ0) is 20.0. The Morgan fingerprint density at radius 2 is 1.74 bits per heavy atom. The average Bonchev–Trinajstić information content (AvgIpc) is 2.65. The number of anilines is 1. The maximum Gasteiger partial charge on any atom is 0.240 e. The van der Waals surface area contributed by atoms with Crippen molar-refractivity contribution in [3.05, 3.63) is 54.1 Å². The lowest BCUT2D eigenvalue weighted by molar-refractivity contribution is -0.116. The van der Waals surface area contributed by atoms with Gasteiger partial charge in [-0.15, -0.1) is 0 Å². The minimum atomic E-state index is -3.71. The first-order valence-corrected chi connectivity index (χ1v) is 9.76. The molecule has 0 aliphatic carbocycles. The van der Waals surface area contributed by atoms with Crippen LogP contribution in [0.15, 0.2) is 53.4 Å². The lowest BCUT2D eigenvalue weighted by Gasteiger charge is -2.22. The van der Waals surface area contributed by atoms with Gasteiger partial charge in [-0.3, -0.25) is 9.59 Å². The van der Waals surface area contributed by atoms with E-state index >= 15 is 0 Å². The molecule has 1 N–H and O–H groups in total. The molecule has 0 saturated heterocycles. The third kappa shape index (κ3) is 5.38. The van der Waals surface area contributed by atoms with Crippen LogP contribution in [-0.4, -0.2) is 40.3 Å². The molecule has 1 amide bonds. The summed E-state index contributed by atoms with van der Waals surface area (Å²) in [6, 6.07) is 12.7. The average molecular weight is 390 g/mol. The van der Waals surface area contributed by atoms with Gasteiger partial charge >= 0.3 is 0 Å². The number of sulfonamides is 1. The Morgan fingerprint density at radius 3 is 2.30 bits per heavy atom. The maximum atomic E-state index is 12.4. The highest BCUT2D eigenvalue weighted by Crippen LogP contribution is 2.18. The molecule has 2 aromatic carbocycles. The van der Waals surface area contributed by atoms with Gasteiger partial charge in [-0.1, -0.05) is 12.1 Å². The number of hydrogen-bond donors (Lipinski definition) is 1. The van der Waals surface area contributed by atoms with Crippen molar-refractivity contribution in [3.8, 4) is 5.75 Å². The van der Waals surface area contributed by atoms with E-state index in [0.717, 1.165) is 0 Å². The predicted octanol–water partition coefficient (Wildman–Crippen LogP) is 2.23. The van der Waals surface area contributed by atoms with Crippen molar-refractivity contribution in [2.75, 3.05) is 25.1 Å². The number of Topliss-reactive ketones (excluding diaryl/α,β-unsaturated/α-hetero) is 1. The quantitative estimate of drug-likeness (QED) is 0.698. The van der Waals surface area contributed by atoms with Crippen LogP contribution in [0.25, 0.3) is 0 Å². The highest BCUT2D eigenvalue weighted by molar-refractivity contribution is 7.89. The molecule has 0 aliphatic rings. The number of ether oxygens (including phenoxy) is 1. The number of amides is 1. The molecular weight excluding hydrogens is 368 g/mol. The van der Waals surface area contributed by atoms with Gasteiger partial charge in [-0.25, -0.2) is 13.1 Å². The first kappa shape index (κ1) is 20.6. The number of methoxy groups -OCH3 is 1. The minimum absolute atomic E-state index is 0.0260. The number of carbonyl (C=O) groups is 2. The SMILES string of the molecule is COc1ccc(S(=O)(=O)NCCN(C(C)=O)c2cccc(C(C)=O)c2)cc1. The Balaban J connectivity index is 2.08. The number of nitrogens with one attached hydrogen (secondary N) is 1. The monoisotopic (exact) mass is 390 g/mol. The third-order valence-corrected chi connectivity index (χ3v) is 5.42. The second-order valence-electron chi connectivity index (χ2n) is 5.85. The molecule has 0 unspecified atom stereocenters. The molecule has 7 nitrogen and oxygen atoms in total. The molecule has 0 spiro atoms. The van der Waals surface area contributed by atoms with E-state index < -0.39 is 10.0 Å². The summed E-state index contributed by atoms with van der Waals surface area (Å²) < 4.78 is 32.2. The number of benzene rings is 2. The zero-order valence-corrected chi connectivity index (χ0v) is 16.2. The molecule has 0 saturated carbocycles. The van der Waals surface area contributed by atoms with Crippen molar-refractivity contribution >= 4 is 27.4 Å². The molecule has 8 heteroatoms. The molecule has 0 atom stereocenters. The van der Waals surface area contributed by atoms with Gasteiger partial charge in [-0.2, -0.15) is 0 Å². The molecule has 2 rings (SSSR count). The largest absolute Gasteiger partial charge is 0.497 e. The van der Waals surface area contributed by atoms with Gasteiger partial charge in [0.05, 0.1) is 12.0 Å². The molecule has 27 heavy (non-hydrogen) atoms. The highest BCUT2D eigenvalue weighted by atomic mass is 32.2. The van der Waals surface area contributed by atoms with Crippen LogP contribution >= 0.6 is 0 Å². The number of hydrogen-bond acceptors (Lipinski definition) is 5. The van der Waals surface area contributed by atoms with Crippen LogP contribution < -0.4 is 14.4 Å². The van der Waals surface area contributed by atoms with E-state index in [2.05, 4.69) is 4.72 Å². The van der Waals surface area contributed by atoms with Crippen molar-refractivity contribution in [3.63, 3.8) is 0 Å². The summed E-state index contributed by atoms with van der Waals surface area (Å²) in [6.07, 6.45) is 0. The van der Waals surface area contributed by atoms with E-state index in [-0.39, 0.29) is 29.7 Å². The van der Waals surface area contributed by atoms with Gasteiger partial charge in [0.2, 0.25) is 15.9 Å². The second-order valence-corrected chi connectivity index (χ2v) is 7.62. The first-order chi connectivity index (χ1) is 12.7. The molecule has 0 bridgehead atoms. The lowest BCUT2D eigenvalue weighted by atomic mass is 10.1. The lowest BCUT2D eigenvalue weighted by Crippen LogP contribution is -2.37. The van der Waals surface area contributed by atoms with Crippen molar-refractivity contribution in [1.29, 1.82) is 0 Å². The third-order valence-electron chi connectivity index (χ3n) is 3.94. The molecule has 0 aliphatic heterocycles. The number of carbonyl (C=O) groups excluding carboxylic acids is 2. The summed E-state index contributed by atoms with van der Waals surface area (Å²) in [6.45, 7) is 2.99. The van der Waals surface area contributed by atoms with Crippen molar-refractivity contribution in [2.45, 2.75) is 18.7 Å². The summed E-state index contributed by atoms with van der Waals surface area (Å²) in [4.78, 5) is 25.0. The van der Waals surface area contributed by atoms with Crippen molar-refractivity contribution in [1.82, 2.24) is 4.72 Å². The summed E-state index contributed by atoms with van der Waals surface area (Å²) in [5, 5.41) is 0. The fourth-order valence-corrected chi connectivity index (χ4v) is 3.51.